The summed E-state index contributed by atoms with van der Waals surface area (Å²) in [4.78, 5) is 55.8. The number of methoxy groups -OCH3 is 2. The second-order valence-corrected chi connectivity index (χ2v) is 20.7. The van der Waals surface area contributed by atoms with E-state index in [4.69, 9.17) is 47.4 Å². The molecule has 2 saturated heterocycles. The number of aromatic hydroxyl groups is 2. The number of phenolic OH excluding ortho intramolecular Hbond substituents is 2. The van der Waals surface area contributed by atoms with Crippen LogP contribution in [0.1, 0.15) is 35.8 Å². The number of ether oxygens (including phenoxy) is 10. The molecule has 12 N–H and O–H groups in total. The highest BCUT2D eigenvalue weighted by atomic mass is 16.8. The molecule has 0 spiro atoms. The predicted molar refractivity (Wildman–Crippen MR) is 252 cm³/mol. The first-order chi connectivity index (χ1) is 37.3. The van der Waals surface area contributed by atoms with Gasteiger partial charge in [-0.25, -0.2) is 9.59 Å². The molecule has 3 saturated carbocycles. The molecule has 2 aromatic rings. The average Bonchev–Trinajstić information content (AvgIpc) is 4.07. The van der Waals surface area contributed by atoms with Crippen LogP contribution in [0, 0.1) is 47.3 Å². The number of hydrogen-bond acceptors (Lipinski definition) is 26. The lowest BCUT2D eigenvalue weighted by atomic mass is 9.52. The molecule has 9 rings (SSSR count). The van der Waals surface area contributed by atoms with Crippen molar-refractivity contribution in [2.24, 2.45) is 47.3 Å². The van der Waals surface area contributed by atoms with Crippen molar-refractivity contribution in [3.8, 4) is 11.5 Å². The number of carbonyl (C=O) groups is 4. The number of aliphatic hydroxyl groups excluding tert-OH is 10. The number of carbonyl (C=O) groups excluding carboxylic acids is 4. The number of fused-ring (bicyclic) bond motifs is 2. The molecule has 2 unspecified atom stereocenters. The van der Waals surface area contributed by atoms with Crippen molar-refractivity contribution in [1.29, 1.82) is 0 Å². The van der Waals surface area contributed by atoms with Crippen LogP contribution in [0.4, 0.5) is 0 Å². The largest absolute Gasteiger partial charge is 0.508 e. The zero-order valence-electron chi connectivity index (χ0n) is 42.0. The van der Waals surface area contributed by atoms with Crippen molar-refractivity contribution in [3.05, 3.63) is 83.3 Å². The molecular weight excluding hydrogens is 1040 g/mol. The highest BCUT2D eigenvalue weighted by Crippen LogP contribution is 2.59. The third kappa shape index (κ3) is 10.7. The topological polar surface area (TPSA) is 403 Å². The van der Waals surface area contributed by atoms with Gasteiger partial charge in [0.1, 0.15) is 60.3 Å². The summed E-state index contributed by atoms with van der Waals surface area (Å²) in [7, 11) is 2.27. The van der Waals surface area contributed by atoms with Crippen molar-refractivity contribution in [1.82, 2.24) is 0 Å². The van der Waals surface area contributed by atoms with E-state index in [1.54, 1.807) is 0 Å². The summed E-state index contributed by atoms with van der Waals surface area (Å²) in [6.45, 7) is -2.65. The predicted octanol–water partition coefficient (Wildman–Crippen LogP) is -3.02. The van der Waals surface area contributed by atoms with Crippen LogP contribution in [0.3, 0.4) is 0 Å². The fourth-order valence-corrected chi connectivity index (χ4v) is 12.4. The van der Waals surface area contributed by atoms with E-state index in [9.17, 15) is 80.5 Å². The second kappa shape index (κ2) is 23.6. The van der Waals surface area contributed by atoms with Crippen LogP contribution in [0.25, 0.3) is 0 Å². The normalized spacial score (nSPS) is 40.8. The van der Waals surface area contributed by atoms with Crippen LogP contribution in [-0.2, 0) is 66.5 Å². The molecule has 26 nitrogen and oxygen atoms in total. The lowest BCUT2D eigenvalue weighted by Gasteiger charge is -2.50. The minimum absolute atomic E-state index is 0.00181. The number of esters is 4. The SMILES string of the molecule is COC(=O)C1=CO[C@H](O[C@H]2O[C@H](CO)[C@H](O)[C@@H](O)[C@H]2O)[C@@H]2[C@@H](COC(=O)C3C(c4ccc(O)cc4)C(C(=O)OC[C@@H]4[C@@H]5[C@H](O[C@H]6O[C@H](CO)[C@H](O)[C@H](O)[C@@H]6O)OC=C(C(=O)OC)[C@H]5C[C@H]4O)C3c3ccc(O)cc3)[C@H](O)C[C@H]12. The number of phenols is 2. The van der Waals surface area contributed by atoms with E-state index < -0.39 is 196 Å². The summed E-state index contributed by atoms with van der Waals surface area (Å²) in [6.07, 6.45) is -20.6. The van der Waals surface area contributed by atoms with Gasteiger partial charge in [-0.1, -0.05) is 24.3 Å². The van der Waals surface area contributed by atoms with Gasteiger partial charge in [0.2, 0.25) is 12.6 Å². The molecule has 7 aliphatic rings. The molecule has 0 bridgehead atoms. The Bertz CT molecular complexity index is 2340. The third-order valence-electron chi connectivity index (χ3n) is 16.5. The minimum atomic E-state index is -1.86. The van der Waals surface area contributed by atoms with Crippen LogP contribution in [0.5, 0.6) is 11.5 Å². The van der Waals surface area contributed by atoms with Gasteiger partial charge in [-0.2, -0.15) is 0 Å². The Morgan fingerprint density at radius 3 is 1.21 bits per heavy atom. The van der Waals surface area contributed by atoms with Gasteiger partial charge in [0.05, 0.1) is 88.4 Å². The maximum atomic E-state index is 14.9. The first kappa shape index (κ1) is 57.1. The Kier molecular flexibility index (Phi) is 17.3. The van der Waals surface area contributed by atoms with E-state index in [1.165, 1.54) is 48.5 Å². The Balaban J connectivity index is 0.983. The van der Waals surface area contributed by atoms with E-state index >= 15 is 0 Å². The first-order valence-electron chi connectivity index (χ1n) is 25.4. The molecule has 2 aromatic carbocycles. The van der Waals surface area contributed by atoms with Gasteiger partial charge in [-0.05, 0) is 48.2 Å². The van der Waals surface area contributed by atoms with E-state index in [0.717, 1.165) is 26.7 Å². The number of benzene rings is 2. The fraction of sp³-hybridized carbons (Fsp3) is 0.615. The molecule has 0 radical (unpaired) electrons. The van der Waals surface area contributed by atoms with E-state index in [1.807, 2.05) is 0 Å². The van der Waals surface area contributed by atoms with Gasteiger partial charge in [-0.15, -0.1) is 0 Å². The summed E-state index contributed by atoms with van der Waals surface area (Å²) >= 11 is 0. The van der Waals surface area contributed by atoms with Crippen molar-refractivity contribution >= 4 is 23.9 Å². The standard InChI is InChI=1S/C52H64O26/c1-69-45(65)25-15-73-49(77-51-43(63)41(61)39(59)31(13-53)75-51)35-23(25)11-29(57)27(35)17-71-47(67)37-33(19-3-7-21(55)8-4-19)38(34(37)20-5-9-22(56)10-6-20)48(68)72-18-28-30(58)12-24-26(46(66)70-2)16-74-50(36(24)28)78-52-44(64)42(62)40(60)32(14-54)76-52/h3-10,15-16,23-24,27-44,49-64H,11-14,17-18H2,1-2H3/t23-,24-,27+,28+,29-,30-,31-,32-,33?,34?,35-,36+,37?,38?,39+,40+,41+,42-,43+,44-,49+,50-,51-,52-/m1/s1. The highest BCUT2D eigenvalue weighted by molar-refractivity contribution is 5.89. The molecule has 428 valence electrons. The lowest BCUT2D eigenvalue weighted by Crippen LogP contribution is -2.60. The van der Waals surface area contributed by atoms with Crippen LogP contribution < -0.4 is 0 Å². The molecule has 3 aliphatic carbocycles. The van der Waals surface area contributed by atoms with Crippen molar-refractivity contribution < 1.29 is 128 Å². The van der Waals surface area contributed by atoms with Gasteiger partial charge in [0.15, 0.2) is 12.6 Å². The van der Waals surface area contributed by atoms with Crippen LogP contribution >= 0.6 is 0 Å². The van der Waals surface area contributed by atoms with Gasteiger partial charge in [-0.3, -0.25) is 9.59 Å². The zero-order valence-corrected chi connectivity index (χ0v) is 42.0. The quantitative estimate of drug-likeness (QED) is 0.0588. The first-order valence-corrected chi connectivity index (χ1v) is 25.4. The summed E-state index contributed by atoms with van der Waals surface area (Å²) in [5.74, 6) is -14.2. The molecular formula is C52H64O26. The van der Waals surface area contributed by atoms with E-state index in [0.29, 0.717) is 11.1 Å². The Morgan fingerprint density at radius 1 is 0.513 bits per heavy atom. The molecule has 0 amide bonds. The molecule has 5 fully saturated rings. The maximum absolute atomic E-state index is 14.9. The Hall–Kier alpha value is -5.56. The van der Waals surface area contributed by atoms with Gasteiger partial charge >= 0.3 is 23.9 Å². The van der Waals surface area contributed by atoms with Crippen LogP contribution in [0.15, 0.2) is 72.2 Å². The number of hydrogen-bond donors (Lipinski definition) is 12. The summed E-state index contributed by atoms with van der Waals surface area (Å²) in [5.41, 5.74) is 0.740. The van der Waals surface area contributed by atoms with Crippen molar-refractivity contribution in [2.75, 3.05) is 40.6 Å². The summed E-state index contributed by atoms with van der Waals surface area (Å²) in [6, 6.07) is 11.3. The van der Waals surface area contributed by atoms with E-state index in [-0.39, 0.29) is 35.5 Å². The Morgan fingerprint density at radius 2 is 0.872 bits per heavy atom. The van der Waals surface area contributed by atoms with Gasteiger partial charge in [0.25, 0.3) is 0 Å². The monoisotopic (exact) mass is 1100 g/mol. The van der Waals surface area contributed by atoms with E-state index in [2.05, 4.69) is 0 Å². The molecule has 26 heteroatoms. The molecule has 22 atom stereocenters. The smallest absolute Gasteiger partial charge is 0.337 e. The second-order valence-electron chi connectivity index (χ2n) is 20.7. The van der Waals surface area contributed by atoms with Crippen LogP contribution in [-0.4, -0.2) is 212 Å². The van der Waals surface area contributed by atoms with Crippen LogP contribution in [0.2, 0.25) is 0 Å². The van der Waals surface area contributed by atoms with Crippen molar-refractivity contribution in [2.45, 2.75) is 111 Å². The number of rotatable bonds is 16. The fourth-order valence-electron chi connectivity index (χ4n) is 12.4. The molecule has 4 aliphatic heterocycles. The Labute approximate surface area is 444 Å². The summed E-state index contributed by atoms with van der Waals surface area (Å²) < 4.78 is 56.9. The number of aliphatic hydroxyl groups is 10. The van der Waals surface area contributed by atoms with Gasteiger partial charge in [0, 0.05) is 47.3 Å². The molecule has 4 heterocycles. The lowest BCUT2D eigenvalue weighted by molar-refractivity contribution is -0.343. The summed E-state index contributed by atoms with van der Waals surface area (Å²) in [5, 5.41) is 127. The molecule has 0 aromatic heterocycles. The minimum Gasteiger partial charge on any atom is -0.508 e. The maximum Gasteiger partial charge on any atom is 0.337 e. The molecule has 78 heavy (non-hydrogen) atoms. The zero-order chi connectivity index (χ0) is 56.0. The van der Waals surface area contributed by atoms with Gasteiger partial charge < -0.3 is 109 Å². The highest BCUT2D eigenvalue weighted by Gasteiger charge is 2.62. The third-order valence-corrected chi connectivity index (χ3v) is 16.5. The van der Waals surface area contributed by atoms with Crippen molar-refractivity contribution in [3.63, 3.8) is 0 Å². The average molecular weight is 1110 g/mol.